The topological polar surface area (TPSA) is 118 Å². The molecule has 1 aliphatic heterocycles. The van der Waals surface area contributed by atoms with Crippen molar-refractivity contribution in [1.29, 1.82) is 0 Å². The van der Waals surface area contributed by atoms with Crippen LogP contribution in [0.15, 0.2) is 62.4 Å². The molecule has 0 aliphatic carbocycles. The molecule has 1 aromatic carbocycles. The number of hydrogen-bond donors (Lipinski definition) is 1. The summed E-state index contributed by atoms with van der Waals surface area (Å²) in [7, 11) is 0. The van der Waals surface area contributed by atoms with Crippen LogP contribution in [0.1, 0.15) is 17.0 Å². The number of nitro groups is 1. The average molecular weight is 453 g/mol. The van der Waals surface area contributed by atoms with E-state index in [0.717, 1.165) is 5.69 Å². The van der Waals surface area contributed by atoms with E-state index in [4.69, 9.17) is 20.4 Å². The highest BCUT2D eigenvalue weighted by Crippen LogP contribution is 2.33. The summed E-state index contributed by atoms with van der Waals surface area (Å²) in [6.07, 6.45) is 2.15. The van der Waals surface area contributed by atoms with Crippen molar-refractivity contribution in [3.8, 4) is 22.9 Å². The summed E-state index contributed by atoms with van der Waals surface area (Å²) in [6, 6.07) is 11.4. The molecule has 5 rings (SSSR count). The summed E-state index contributed by atoms with van der Waals surface area (Å²) in [6.45, 7) is 1.58. The van der Waals surface area contributed by atoms with Gasteiger partial charge in [0.25, 0.3) is 11.2 Å². The summed E-state index contributed by atoms with van der Waals surface area (Å²) >= 11 is 5.90. The molecule has 0 radical (unpaired) electrons. The van der Waals surface area contributed by atoms with Gasteiger partial charge in [0.05, 0.1) is 34.6 Å². The first-order valence-electron chi connectivity index (χ1n) is 9.89. The van der Waals surface area contributed by atoms with E-state index in [-0.39, 0.29) is 16.3 Å². The second-order valence-corrected chi connectivity index (χ2v) is 7.90. The van der Waals surface area contributed by atoms with Crippen molar-refractivity contribution in [3.63, 3.8) is 0 Å². The highest BCUT2D eigenvalue weighted by atomic mass is 35.5. The zero-order valence-electron chi connectivity index (χ0n) is 16.7. The molecule has 0 amide bonds. The number of nitrogens with zero attached hydrogens (tertiary/aromatic N) is 3. The summed E-state index contributed by atoms with van der Waals surface area (Å²) in [5, 5.41) is 11.7. The third-order valence-corrected chi connectivity index (χ3v) is 5.60. The Hall–Kier alpha value is -3.69. The van der Waals surface area contributed by atoms with Crippen molar-refractivity contribution in [2.45, 2.75) is 19.5 Å². The minimum Gasteiger partial charge on any atom is -0.461 e. The summed E-state index contributed by atoms with van der Waals surface area (Å²) < 4.78 is 11.2. The van der Waals surface area contributed by atoms with Crippen LogP contribution in [0.2, 0.25) is 5.02 Å². The molecule has 4 aromatic rings. The lowest BCUT2D eigenvalue weighted by Gasteiger charge is -2.26. The molecular weight excluding hydrogens is 436 g/mol. The summed E-state index contributed by atoms with van der Waals surface area (Å²) in [5.74, 6) is 1.98. The number of nitrogens with one attached hydrogen (secondary N) is 1. The van der Waals surface area contributed by atoms with Gasteiger partial charge in [0, 0.05) is 30.6 Å². The van der Waals surface area contributed by atoms with E-state index in [0.29, 0.717) is 60.3 Å². The predicted octanol–water partition coefficient (Wildman–Crippen LogP) is 4.41. The Morgan fingerprint density at radius 3 is 2.88 bits per heavy atom. The van der Waals surface area contributed by atoms with Gasteiger partial charge in [-0.15, -0.1) is 0 Å². The standard InChI is InChI=1S/C22H17ClN4O5/c23-13-3-5-15(18(10-13)27(29)30)19-6-4-14(32-19)11-26-8-7-17-16(12-26)22(28)25-21(24-17)20-2-1-9-31-20/h1-6,9-10H,7-8,11-12H2,(H,24,25,28). The van der Waals surface area contributed by atoms with Crippen molar-refractivity contribution in [1.82, 2.24) is 14.9 Å². The number of nitro benzene ring substituents is 1. The number of halogens is 1. The van der Waals surface area contributed by atoms with Gasteiger partial charge in [-0.1, -0.05) is 11.6 Å². The molecular formula is C22H17ClN4O5. The molecule has 0 spiro atoms. The molecule has 0 saturated carbocycles. The van der Waals surface area contributed by atoms with Gasteiger partial charge < -0.3 is 13.8 Å². The number of hydrogen-bond acceptors (Lipinski definition) is 7. The molecule has 3 aromatic heterocycles. The van der Waals surface area contributed by atoms with E-state index < -0.39 is 4.92 Å². The van der Waals surface area contributed by atoms with Crippen LogP contribution in [0, 0.1) is 10.1 Å². The zero-order chi connectivity index (χ0) is 22.2. The Balaban J connectivity index is 1.35. The van der Waals surface area contributed by atoms with Gasteiger partial charge in [0.2, 0.25) is 0 Å². The number of benzene rings is 1. The molecule has 32 heavy (non-hydrogen) atoms. The first kappa shape index (κ1) is 20.2. The number of rotatable bonds is 5. The molecule has 0 atom stereocenters. The van der Waals surface area contributed by atoms with E-state index in [1.54, 1.807) is 36.4 Å². The van der Waals surface area contributed by atoms with Crippen molar-refractivity contribution in [2.75, 3.05) is 6.54 Å². The van der Waals surface area contributed by atoms with Crippen LogP contribution in [0.3, 0.4) is 0 Å². The van der Waals surface area contributed by atoms with Gasteiger partial charge in [-0.2, -0.15) is 0 Å². The normalized spacial score (nSPS) is 13.8. The van der Waals surface area contributed by atoms with E-state index in [1.165, 1.54) is 12.3 Å². The minimum atomic E-state index is -0.485. The largest absolute Gasteiger partial charge is 0.461 e. The number of fused-ring (bicyclic) bond motifs is 1. The average Bonchev–Trinajstić information content (AvgIpc) is 3.46. The van der Waals surface area contributed by atoms with Crippen LogP contribution in [0.25, 0.3) is 22.9 Å². The van der Waals surface area contributed by atoms with Crippen molar-refractivity contribution in [2.24, 2.45) is 0 Å². The van der Waals surface area contributed by atoms with Crippen LogP contribution < -0.4 is 5.56 Å². The maximum absolute atomic E-state index is 12.6. The smallest absolute Gasteiger partial charge is 0.281 e. The fourth-order valence-corrected chi connectivity index (χ4v) is 4.00. The number of H-pyrrole nitrogens is 1. The van der Waals surface area contributed by atoms with Gasteiger partial charge in [0.15, 0.2) is 11.6 Å². The molecule has 0 saturated heterocycles. The molecule has 10 heteroatoms. The van der Waals surface area contributed by atoms with Crippen LogP contribution >= 0.6 is 11.6 Å². The van der Waals surface area contributed by atoms with Gasteiger partial charge in [0.1, 0.15) is 11.5 Å². The minimum absolute atomic E-state index is 0.115. The highest BCUT2D eigenvalue weighted by molar-refractivity contribution is 6.30. The van der Waals surface area contributed by atoms with Crippen molar-refractivity contribution >= 4 is 17.3 Å². The SMILES string of the molecule is O=c1[nH]c(-c2ccco2)nc2c1CN(Cc1ccc(-c3ccc(Cl)cc3[N+](=O)[O-])o1)CC2. The third kappa shape index (κ3) is 3.83. The van der Waals surface area contributed by atoms with Crippen LogP contribution in [-0.2, 0) is 19.5 Å². The molecule has 1 aliphatic rings. The summed E-state index contributed by atoms with van der Waals surface area (Å²) in [5.41, 5.74) is 1.43. The van der Waals surface area contributed by atoms with Crippen LogP contribution in [0.4, 0.5) is 5.69 Å². The summed E-state index contributed by atoms with van der Waals surface area (Å²) in [4.78, 5) is 32.9. The second kappa shape index (κ2) is 8.10. The lowest BCUT2D eigenvalue weighted by atomic mass is 10.1. The molecule has 0 bridgehead atoms. The van der Waals surface area contributed by atoms with Gasteiger partial charge >= 0.3 is 0 Å². The Bertz CT molecular complexity index is 1360. The molecule has 1 N–H and O–H groups in total. The lowest BCUT2D eigenvalue weighted by Crippen LogP contribution is -2.35. The number of aromatic amines is 1. The van der Waals surface area contributed by atoms with Crippen molar-refractivity contribution < 1.29 is 13.8 Å². The number of aromatic nitrogens is 2. The molecule has 0 fully saturated rings. The maximum atomic E-state index is 12.6. The third-order valence-electron chi connectivity index (χ3n) is 5.37. The van der Waals surface area contributed by atoms with E-state index in [9.17, 15) is 14.9 Å². The van der Waals surface area contributed by atoms with Gasteiger partial charge in [-0.05, 0) is 36.4 Å². The Kier molecular flexibility index (Phi) is 5.12. The molecule has 4 heterocycles. The predicted molar refractivity (Wildman–Crippen MR) is 116 cm³/mol. The second-order valence-electron chi connectivity index (χ2n) is 7.46. The van der Waals surface area contributed by atoms with E-state index >= 15 is 0 Å². The first-order valence-corrected chi connectivity index (χ1v) is 10.3. The first-order chi connectivity index (χ1) is 15.5. The Morgan fingerprint density at radius 1 is 1.22 bits per heavy atom. The fourth-order valence-electron chi connectivity index (χ4n) is 3.84. The zero-order valence-corrected chi connectivity index (χ0v) is 17.5. The Morgan fingerprint density at radius 2 is 2.09 bits per heavy atom. The molecule has 0 unspecified atom stereocenters. The maximum Gasteiger partial charge on any atom is 0.281 e. The lowest BCUT2D eigenvalue weighted by molar-refractivity contribution is -0.384. The molecule has 9 nitrogen and oxygen atoms in total. The number of furan rings is 2. The van der Waals surface area contributed by atoms with E-state index in [1.807, 2.05) is 0 Å². The monoisotopic (exact) mass is 452 g/mol. The van der Waals surface area contributed by atoms with Crippen molar-refractivity contribution in [3.05, 3.63) is 91.2 Å². The highest BCUT2D eigenvalue weighted by Gasteiger charge is 2.24. The van der Waals surface area contributed by atoms with E-state index in [2.05, 4.69) is 14.9 Å². The molecule has 162 valence electrons. The quantitative estimate of drug-likeness (QED) is 0.352. The van der Waals surface area contributed by atoms with Gasteiger partial charge in [-0.3, -0.25) is 19.8 Å². The Labute approximate surface area is 186 Å². The van der Waals surface area contributed by atoms with Crippen LogP contribution in [0.5, 0.6) is 0 Å². The fraction of sp³-hybridized carbons (Fsp3) is 0.182. The van der Waals surface area contributed by atoms with Gasteiger partial charge in [-0.25, -0.2) is 4.98 Å². The van der Waals surface area contributed by atoms with Crippen LogP contribution in [-0.4, -0.2) is 26.3 Å².